The number of carbonyl (C=O) groups excluding carboxylic acids is 1. The van der Waals surface area contributed by atoms with Crippen LogP contribution in [0.4, 0.5) is 5.69 Å². The number of H-pyrrole nitrogens is 1. The minimum Gasteiger partial charge on any atom is -0.339 e. The van der Waals surface area contributed by atoms with Crippen molar-refractivity contribution in [2.45, 2.75) is 12.3 Å². The van der Waals surface area contributed by atoms with Gasteiger partial charge in [-0.25, -0.2) is 0 Å². The Morgan fingerprint density at radius 1 is 1.48 bits per heavy atom. The fourth-order valence-corrected chi connectivity index (χ4v) is 3.06. The zero-order valence-corrected chi connectivity index (χ0v) is 11.7. The predicted molar refractivity (Wildman–Crippen MR) is 75.9 cm³/mol. The fraction of sp³-hybridized carbons (Fsp3) is 0.231. The van der Waals surface area contributed by atoms with Gasteiger partial charge in [-0.15, -0.1) is 0 Å². The van der Waals surface area contributed by atoms with Gasteiger partial charge in [-0.05, 0) is 11.4 Å². The smallest absolute Gasteiger partial charge is 0.232 e. The van der Waals surface area contributed by atoms with E-state index in [0.29, 0.717) is 24.7 Å². The Labute approximate surface area is 123 Å². The number of hydrogen-bond donors (Lipinski definition) is 1. The molecule has 3 aromatic heterocycles. The third-order valence-electron chi connectivity index (χ3n) is 3.49. The van der Waals surface area contributed by atoms with Crippen molar-refractivity contribution in [3.8, 4) is 11.4 Å². The molecule has 106 valence electrons. The van der Waals surface area contributed by atoms with Crippen molar-refractivity contribution in [3.63, 3.8) is 0 Å². The summed E-state index contributed by atoms with van der Waals surface area (Å²) in [6, 6.07) is 1.94. The fourth-order valence-electron chi connectivity index (χ4n) is 2.42. The second-order valence-corrected chi connectivity index (χ2v) is 5.61. The van der Waals surface area contributed by atoms with E-state index >= 15 is 0 Å². The van der Waals surface area contributed by atoms with E-state index in [2.05, 4.69) is 20.3 Å². The van der Waals surface area contributed by atoms with Crippen molar-refractivity contribution in [2.24, 2.45) is 0 Å². The molecule has 3 aromatic rings. The summed E-state index contributed by atoms with van der Waals surface area (Å²) in [7, 11) is 0. The van der Waals surface area contributed by atoms with Crippen LogP contribution in [0.25, 0.3) is 11.4 Å². The van der Waals surface area contributed by atoms with Crippen LogP contribution in [0.15, 0.2) is 33.7 Å². The molecule has 1 aliphatic rings. The van der Waals surface area contributed by atoms with Gasteiger partial charge in [0, 0.05) is 30.1 Å². The summed E-state index contributed by atoms with van der Waals surface area (Å²) >= 11 is 1.58. The van der Waals surface area contributed by atoms with Gasteiger partial charge >= 0.3 is 0 Å². The molecule has 1 amide bonds. The molecule has 1 atom stereocenters. The normalized spacial score (nSPS) is 18.6. The van der Waals surface area contributed by atoms with Crippen molar-refractivity contribution < 1.29 is 9.32 Å². The molecule has 7 nitrogen and oxygen atoms in total. The molecule has 0 saturated carbocycles. The molecule has 1 fully saturated rings. The standard InChI is InChI=1S/C13H11N5O2S/c19-11-3-9(6-18(11)10-4-14-15-5-10)13-16-12(17-20-13)8-1-2-21-7-8/h1-2,4-5,7,9H,3,6H2,(H,14,15)/t9-/m0/s1. The summed E-state index contributed by atoms with van der Waals surface area (Å²) in [5.74, 6) is 1.04. The summed E-state index contributed by atoms with van der Waals surface area (Å²) in [6.07, 6.45) is 3.70. The lowest BCUT2D eigenvalue weighted by atomic mass is 10.1. The number of rotatable bonds is 3. The van der Waals surface area contributed by atoms with Crippen LogP contribution in [0, 0.1) is 0 Å². The number of nitrogens with zero attached hydrogens (tertiary/aromatic N) is 4. The molecule has 0 bridgehead atoms. The second-order valence-electron chi connectivity index (χ2n) is 4.83. The average Bonchev–Trinajstić information content (AvgIpc) is 3.26. The van der Waals surface area contributed by atoms with Gasteiger partial charge in [-0.1, -0.05) is 5.16 Å². The Balaban J connectivity index is 1.57. The number of aromatic amines is 1. The monoisotopic (exact) mass is 301 g/mol. The van der Waals surface area contributed by atoms with Gasteiger partial charge in [0.15, 0.2) is 0 Å². The van der Waals surface area contributed by atoms with Gasteiger partial charge in [0.25, 0.3) is 0 Å². The van der Waals surface area contributed by atoms with Crippen LogP contribution in [-0.2, 0) is 4.79 Å². The molecular weight excluding hydrogens is 290 g/mol. The second kappa shape index (κ2) is 4.81. The number of aromatic nitrogens is 4. The number of thiophene rings is 1. The lowest BCUT2D eigenvalue weighted by molar-refractivity contribution is -0.117. The van der Waals surface area contributed by atoms with Crippen LogP contribution in [0.3, 0.4) is 0 Å². The van der Waals surface area contributed by atoms with E-state index in [1.807, 2.05) is 16.8 Å². The molecule has 4 heterocycles. The molecule has 4 rings (SSSR count). The van der Waals surface area contributed by atoms with Gasteiger partial charge in [0.1, 0.15) is 0 Å². The lowest BCUT2D eigenvalue weighted by Gasteiger charge is -2.12. The Morgan fingerprint density at radius 2 is 2.43 bits per heavy atom. The summed E-state index contributed by atoms with van der Waals surface area (Å²) in [6.45, 7) is 0.531. The molecule has 8 heteroatoms. The highest BCUT2D eigenvalue weighted by Gasteiger charge is 2.35. The highest BCUT2D eigenvalue weighted by Crippen LogP contribution is 2.31. The third-order valence-corrected chi connectivity index (χ3v) is 4.17. The summed E-state index contributed by atoms with van der Waals surface area (Å²) < 4.78 is 5.33. The maximum atomic E-state index is 12.1. The van der Waals surface area contributed by atoms with Crippen LogP contribution in [-0.4, -0.2) is 32.8 Å². The van der Waals surface area contributed by atoms with Crippen LogP contribution in [0.1, 0.15) is 18.2 Å². The van der Waals surface area contributed by atoms with Gasteiger partial charge in [0.05, 0.1) is 17.8 Å². The Bertz CT molecular complexity index is 749. The lowest BCUT2D eigenvalue weighted by Crippen LogP contribution is -2.23. The molecule has 1 N–H and O–H groups in total. The average molecular weight is 301 g/mol. The van der Waals surface area contributed by atoms with Crippen LogP contribution in [0.5, 0.6) is 0 Å². The van der Waals surface area contributed by atoms with Gasteiger partial charge in [0.2, 0.25) is 17.6 Å². The summed E-state index contributed by atoms with van der Waals surface area (Å²) in [4.78, 5) is 18.2. The number of carbonyl (C=O) groups is 1. The molecule has 1 aliphatic heterocycles. The SMILES string of the molecule is O=C1C[C@H](c2nc(-c3ccsc3)no2)CN1c1cn[nH]c1. The van der Waals surface area contributed by atoms with Crippen LogP contribution >= 0.6 is 11.3 Å². The van der Waals surface area contributed by atoms with Crippen molar-refractivity contribution >= 4 is 22.9 Å². The van der Waals surface area contributed by atoms with Crippen LogP contribution < -0.4 is 4.90 Å². The third kappa shape index (κ3) is 2.13. The van der Waals surface area contributed by atoms with E-state index < -0.39 is 0 Å². The topological polar surface area (TPSA) is 87.9 Å². The largest absolute Gasteiger partial charge is 0.339 e. The summed E-state index contributed by atoms with van der Waals surface area (Å²) in [5, 5.41) is 14.5. The molecule has 0 spiro atoms. The summed E-state index contributed by atoms with van der Waals surface area (Å²) in [5.41, 5.74) is 1.70. The highest BCUT2D eigenvalue weighted by molar-refractivity contribution is 7.08. The van der Waals surface area contributed by atoms with Crippen LogP contribution in [0.2, 0.25) is 0 Å². The maximum absolute atomic E-state index is 12.1. The van der Waals surface area contributed by atoms with Gasteiger partial charge < -0.3 is 9.42 Å². The first-order chi connectivity index (χ1) is 10.3. The van der Waals surface area contributed by atoms with E-state index in [4.69, 9.17) is 4.52 Å². The Morgan fingerprint density at radius 3 is 3.19 bits per heavy atom. The zero-order chi connectivity index (χ0) is 14.2. The molecule has 0 aromatic carbocycles. The highest BCUT2D eigenvalue weighted by atomic mass is 32.1. The first-order valence-corrected chi connectivity index (χ1v) is 7.41. The van der Waals surface area contributed by atoms with Crippen molar-refractivity contribution in [2.75, 3.05) is 11.4 Å². The molecular formula is C13H11N5O2S. The molecule has 21 heavy (non-hydrogen) atoms. The van der Waals surface area contributed by atoms with E-state index in [0.717, 1.165) is 11.3 Å². The first-order valence-electron chi connectivity index (χ1n) is 6.46. The van der Waals surface area contributed by atoms with Crippen molar-refractivity contribution in [1.82, 2.24) is 20.3 Å². The van der Waals surface area contributed by atoms with Crippen molar-refractivity contribution in [1.29, 1.82) is 0 Å². The van der Waals surface area contributed by atoms with Gasteiger partial charge in [-0.3, -0.25) is 9.89 Å². The van der Waals surface area contributed by atoms with E-state index in [9.17, 15) is 4.79 Å². The minimum atomic E-state index is -0.0766. The molecule has 1 saturated heterocycles. The predicted octanol–water partition coefficient (Wildman–Crippen LogP) is 2.04. The number of amides is 1. The van der Waals surface area contributed by atoms with E-state index in [-0.39, 0.29) is 11.8 Å². The zero-order valence-electron chi connectivity index (χ0n) is 10.9. The number of nitrogens with one attached hydrogen (secondary N) is 1. The Hall–Kier alpha value is -2.48. The first kappa shape index (κ1) is 12.3. The maximum Gasteiger partial charge on any atom is 0.232 e. The molecule has 0 unspecified atom stereocenters. The molecule has 0 aliphatic carbocycles. The minimum absolute atomic E-state index is 0.0386. The quantitative estimate of drug-likeness (QED) is 0.799. The number of hydrogen-bond acceptors (Lipinski definition) is 6. The van der Waals surface area contributed by atoms with E-state index in [1.165, 1.54) is 0 Å². The molecule has 0 radical (unpaired) electrons. The van der Waals surface area contributed by atoms with E-state index in [1.54, 1.807) is 28.6 Å². The Kier molecular flexibility index (Phi) is 2.81. The number of anilines is 1. The van der Waals surface area contributed by atoms with Crippen molar-refractivity contribution in [3.05, 3.63) is 35.1 Å². The van der Waals surface area contributed by atoms with Gasteiger partial charge in [-0.2, -0.15) is 21.4 Å².